The topological polar surface area (TPSA) is 63.6 Å². The van der Waals surface area contributed by atoms with Gasteiger partial charge in [0.25, 0.3) is 0 Å². The van der Waals surface area contributed by atoms with Gasteiger partial charge in [-0.25, -0.2) is 0 Å². The molecule has 82 valence electrons. The van der Waals surface area contributed by atoms with Crippen molar-refractivity contribution in [3.8, 4) is 0 Å². The molecule has 0 bridgehead atoms. The number of carbonyl (C=O) groups is 2. The van der Waals surface area contributed by atoms with Gasteiger partial charge in [0.1, 0.15) is 0 Å². The second-order valence-electron chi connectivity index (χ2n) is 3.23. The largest absolute Gasteiger partial charge is 0.480 e. The predicted octanol–water partition coefficient (Wildman–Crippen LogP) is 1.83. The van der Waals surface area contributed by atoms with E-state index in [1.54, 1.807) is 13.8 Å². The van der Waals surface area contributed by atoms with Gasteiger partial charge in [0.2, 0.25) is 0 Å². The summed E-state index contributed by atoms with van der Waals surface area (Å²) in [5.74, 6) is -1.71. The predicted molar refractivity (Wildman–Crippen MR) is 51.9 cm³/mol. The minimum Gasteiger partial charge on any atom is -0.480 e. The average molecular weight is 202 g/mol. The first-order valence-corrected chi connectivity index (χ1v) is 4.95. The molecule has 0 rings (SSSR count). The zero-order valence-corrected chi connectivity index (χ0v) is 9.00. The van der Waals surface area contributed by atoms with Crippen LogP contribution >= 0.6 is 0 Å². The van der Waals surface area contributed by atoms with E-state index in [4.69, 9.17) is 9.84 Å². The number of carboxylic acid groups (broad SMARTS) is 1. The molecule has 0 aromatic carbocycles. The Kier molecular flexibility index (Phi) is 5.20. The maximum Gasteiger partial charge on any atom is 0.323 e. The molecule has 0 saturated heterocycles. The van der Waals surface area contributed by atoms with Gasteiger partial charge in [-0.2, -0.15) is 0 Å². The highest BCUT2D eigenvalue weighted by Gasteiger charge is 2.44. The van der Waals surface area contributed by atoms with Gasteiger partial charge >= 0.3 is 11.9 Å². The maximum atomic E-state index is 11.5. The molecule has 0 aliphatic carbocycles. The van der Waals surface area contributed by atoms with Crippen LogP contribution in [0.25, 0.3) is 0 Å². The number of rotatable bonds is 6. The fourth-order valence-electron chi connectivity index (χ4n) is 1.26. The Bertz CT molecular complexity index is 206. The lowest BCUT2D eigenvalue weighted by Crippen LogP contribution is -2.39. The molecule has 0 aromatic heterocycles. The minimum absolute atomic E-state index is 0.265. The van der Waals surface area contributed by atoms with Crippen LogP contribution in [0, 0.1) is 5.41 Å². The molecule has 4 heteroatoms. The molecule has 14 heavy (non-hydrogen) atoms. The van der Waals surface area contributed by atoms with Crippen molar-refractivity contribution in [1.29, 1.82) is 0 Å². The van der Waals surface area contributed by atoms with E-state index in [2.05, 4.69) is 0 Å². The zero-order valence-electron chi connectivity index (χ0n) is 9.00. The molecular weight excluding hydrogens is 184 g/mol. The third-order valence-corrected chi connectivity index (χ3v) is 2.44. The summed E-state index contributed by atoms with van der Waals surface area (Å²) in [5, 5.41) is 8.99. The van der Waals surface area contributed by atoms with Crippen LogP contribution in [0.2, 0.25) is 0 Å². The van der Waals surface area contributed by atoms with Crippen molar-refractivity contribution in [2.75, 3.05) is 6.61 Å². The van der Waals surface area contributed by atoms with E-state index in [0.29, 0.717) is 6.42 Å². The molecule has 4 nitrogen and oxygen atoms in total. The molecule has 0 amide bonds. The molecule has 1 N–H and O–H groups in total. The normalized spacial score (nSPS) is 11.1. The Morgan fingerprint density at radius 1 is 1.21 bits per heavy atom. The standard InChI is InChI=1S/C10H18O4/c1-4-7-14-9(13)10(5-2,6-3)8(11)12/h4-7H2,1-3H3,(H,11,12). The van der Waals surface area contributed by atoms with E-state index in [0.717, 1.165) is 0 Å². The van der Waals surface area contributed by atoms with Crippen LogP contribution in [-0.4, -0.2) is 23.7 Å². The van der Waals surface area contributed by atoms with Crippen LogP contribution in [0.4, 0.5) is 0 Å². The quantitative estimate of drug-likeness (QED) is 0.527. The van der Waals surface area contributed by atoms with Crippen molar-refractivity contribution < 1.29 is 19.4 Å². The molecule has 0 aliphatic rings. The number of carboxylic acids is 1. The van der Waals surface area contributed by atoms with Crippen LogP contribution in [0.15, 0.2) is 0 Å². The lowest BCUT2D eigenvalue weighted by atomic mass is 9.82. The van der Waals surface area contributed by atoms with Crippen molar-refractivity contribution in [3.63, 3.8) is 0 Å². The molecule has 0 saturated carbocycles. The third kappa shape index (κ3) is 2.47. The Hall–Kier alpha value is -1.06. The molecule has 0 aliphatic heterocycles. The van der Waals surface area contributed by atoms with Crippen LogP contribution < -0.4 is 0 Å². The van der Waals surface area contributed by atoms with Gasteiger partial charge < -0.3 is 9.84 Å². The van der Waals surface area contributed by atoms with Crippen LogP contribution in [0.1, 0.15) is 40.0 Å². The Morgan fingerprint density at radius 2 is 1.71 bits per heavy atom. The smallest absolute Gasteiger partial charge is 0.323 e. The van der Waals surface area contributed by atoms with E-state index in [1.807, 2.05) is 6.92 Å². The Labute approximate surface area is 84.3 Å². The van der Waals surface area contributed by atoms with Crippen molar-refractivity contribution >= 4 is 11.9 Å². The van der Waals surface area contributed by atoms with Crippen molar-refractivity contribution in [3.05, 3.63) is 0 Å². The third-order valence-electron chi connectivity index (χ3n) is 2.44. The summed E-state index contributed by atoms with van der Waals surface area (Å²) in [6.07, 6.45) is 1.23. The van der Waals surface area contributed by atoms with Crippen LogP contribution in [-0.2, 0) is 14.3 Å². The van der Waals surface area contributed by atoms with Gasteiger partial charge in [-0.3, -0.25) is 9.59 Å². The van der Waals surface area contributed by atoms with E-state index < -0.39 is 17.4 Å². The van der Waals surface area contributed by atoms with Crippen LogP contribution in [0.5, 0.6) is 0 Å². The van der Waals surface area contributed by atoms with Crippen LogP contribution in [0.3, 0.4) is 0 Å². The molecule has 0 heterocycles. The number of ether oxygens (including phenoxy) is 1. The molecule has 0 unspecified atom stereocenters. The van der Waals surface area contributed by atoms with Gasteiger partial charge in [-0.1, -0.05) is 20.8 Å². The average Bonchev–Trinajstić information content (AvgIpc) is 2.17. The molecule has 0 aromatic rings. The van der Waals surface area contributed by atoms with Crippen molar-refractivity contribution in [1.82, 2.24) is 0 Å². The van der Waals surface area contributed by atoms with Gasteiger partial charge in [0.05, 0.1) is 6.61 Å². The first-order valence-electron chi connectivity index (χ1n) is 4.95. The molecule has 0 radical (unpaired) electrons. The van der Waals surface area contributed by atoms with Gasteiger partial charge in [-0.05, 0) is 19.3 Å². The summed E-state index contributed by atoms with van der Waals surface area (Å²) in [6.45, 7) is 5.52. The highest BCUT2D eigenvalue weighted by atomic mass is 16.5. The van der Waals surface area contributed by atoms with Gasteiger partial charge in [0, 0.05) is 0 Å². The van der Waals surface area contributed by atoms with Crippen molar-refractivity contribution in [2.45, 2.75) is 40.0 Å². The van der Waals surface area contributed by atoms with E-state index in [9.17, 15) is 9.59 Å². The number of hydrogen-bond acceptors (Lipinski definition) is 3. The highest BCUT2D eigenvalue weighted by Crippen LogP contribution is 2.28. The van der Waals surface area contributed by atoms with Crippen molar-refractivity contribution in [2.24, 2.45) is 5.41 Å². The van der Waals surface area contributed by atoms with E-state index >= 15 is 0 Å². The summed E-state index contributed by atoms with van der Waals surface area (Å²) in [5.41, 5.74) is -1.35. The Balaban J connectivity index is 4.63. The first-order chi connectivity index (χ1) is 6.55. The van der Waals surface area contributed by atoms with E-state index in [1.165, 1.54) is 0 Å². The summed E-state index contributed by atoms with van der Waals surface area (Å²) in [4.78, 5) is 22.5. The summed E-state index contributed by atoms with van der Waals surface area (Å²) in [7, 11) is 0. The maximum absolute atomic E-state index is 11.5. The molecular formula is C10H18O4. The molecule has 0 fully saturated rings. The molecule has 0 atom stereocenters. The Morgan fingerprint density at radius 3 is 2.00 bits per heavy atom. The second kappa shape index (κ2) is 5.62. The SMILES string of the molecule is CCCOC(=O)C(CC)(CC)C(=O)O. The fourth-order valence-corrected chi connectivity index (χ4v) is 1.26. The summed E-state index contributed by atoms with van der Waals surface area (Å²) < 4.78 is 4.88. The number of carbonyl (C=O) groups excluding carboxylic acids is 1. The van der Waals surface area contributed by atoms with Gasteiger partial charge in [0.15, 0.2) is 5.41 Å². The lowest BCUT2D eigenvalue weighted by molar-refractivity contribution is -0.169. The molecule has 0 spiro atoms. The number of aliphatic carboxylic acids is 1. The summed E-state index contributed by atoms with van der Waals surface area (Å²) in [6, 6.07) is 0. The number of hydrogen-bond donors (Lipinski definition) is 1. The highest BCUT2D eigenvalue weighted by molar-refractivity contribution is 5.99. The monoisotopic (exact) mass is 202 g/mol. The first kappa shape index (κ1) is 12.9. The lowest BCUT2D eigenvalue weighted by Gasteiger charge is -2.23. The van der Waals surface area contributed by atoms with E-state index in [-0.39, 0.29) is 19.4 Å². The number of esters is 1. The van der Waals surface area contributed by atoms with Gasteiger partial charge in [-0.15, -0.1) is 0 Å². The summed E-state index contributed by atoms with van der Waals surface area (Å²) >= 11 is 0. The second-order valence-corrected chi connectivity index (χ2v) is 3.23. The fraction of sp³-hybridized carbons (Fsp3) is 0.800. The zero-order chi connectivity index (χ0) is 11.2. The minimum atomic E-state index is -1.35.